The molecule has 5 rings (SSSR count). The van der Waals surface area contributed by atoms with Gasteiger partial charge in [-0.25, -0.2) is 13.2 Å². The second kappa shape index (κ2) is 17.4. The molecule has 1 aliphatic rings. The summed E-state index contributed by atoms with van der Waals surface area (Å²) in [6.45, 7) is 6.18. The fraction of sp³-hybridized carbons (Fsp3) is 0.385. The number of nitrogens with one attached hydrogen (secondary N) is 2. The minimum Gasteiger partial charge on any atom is -0.490 e. The van der Waals surface area contributed by atoms with Crippen molar-refractivity contribution in [3.8, 4) is 5.75 Å². The van der Waals surface area contributed by atoms with Gasteiger partial charge in [0.2, 0.25) is 0 Å². The van der Waals surface area contributed by atoms with Crippen LogP contribution in [0.4, 0.5) is 16.2 Å². The Labute approximate surface area is 310 Å². The molecule has 0 fully saturated rings. The van der Waals surface area contributed by atoms with Crippen molar-refractivity contribution in [1.82, 2.24) is 9.80 Å². The second-order valence-electron chi connectivity index (χ2n) is 13.4. The van der Waals surface area contributed by atoms with Crippen LogP contribution in [-0.2, 0) is 14.8 Å². The molecule has 0 saturated carbocycles. The molecule has 0 radical (unpaired) electrons. The summed E-state index contributed by atoms with van der Waals surface area (Å²) in [4.78, 5) is 31.1. The number of fused-ring (bicyclic) bond motifs is 2. The lowest BCUT2D eigenvalue weighted by atomic mass is 10.0. The van der Waals surface area contributed by atoms with Gasteiger partial charge in [-0.2, -0.15) is 0 Å². The fourth-order valence-corrected chi connectivity index (χ4v) is 7.35. The predicted octanol–water partition coefficient (Wildman–Crippen LogP) is 7.25. The number of amides is 3. The van der Waals surface area contributed by atoms with E-state index in [9.17, 15) is 23.1 Å². The highest BCUT2D eigenvalue weighted by Crippen LogP contribution is 2.30. The van der Waals surface area contributed by atoms with Gasteiger partial charge in [0.1, 0.15) is 5.75 Å². The van der Waals surface area contributed by atoms with Crippen LogP contribution in [0.2, 0.25) is 5.02 Å². The smallest absolute Gasteiger partial charge is 0.321 e. The van der Waals surface area contributed by atoms with Gasteiger partial charge in [-0.15, -0.1) is 0 Å². The van der Waals surface area contributed by atoms with E-state index in [1.807, 2.05) is 56.3 Å². The molecule has 1 heterocycles. The van der Waals surface area contributed by atoms with Crippen LogP contribution in [0.1, 0.15) is 50.4 Å². The molecule has 4 aromatic carbocycles. The van der Waals surface area contributed by atoms with E-state index in [-0.39, 0.29) is 53.9 Å². The lowest BCUT2D eigenvalue weighted by Crippen LogP contribution is -2.48. The number of benzene rings is 4. The maximum atomic E-state index is 14.5. The molecular weight excluding hydrogens is 704 g/mol. The van der Waals surface area contributed by atoms with Crippen LogP contribution < -0.4 is 14.8 Å². The molecule has 0 aromatic heterocycles. The Hall–Kier alpha value is -4.36. The van der Waals surface area contributed by atoms with Crippen molar-refractivity contribution in [2.24, 2.45) is 5.92 Å². The molecule has 3 N–H and O–H groups in total. The Morgan fingerprint density at radius 3 is 2.52 bits per heavy atom. The Morgan fingerprint density at radius 2 is 1.77 bits per heavy atom. The number of hydrogen-bond acceptors (Lipinski definition) is 7. The van der Waals surface area contributed by atoms with Crippen molar-refractivity contribution in [2.45, 2.75) is 63.2 Å². The first-order valence-electron chi connectivity index (χ1n) is 17.5. The number of urea groups is 1. The first-order valence-corrected chi connectivity index (χ1v) is 19.3. The van der Waals surface area contributed by atoms with Gasteiger partial charge < -0.3 is 29.7 Å². The molecule has 13 heteroatoms. The van der Waals surface area contributed by atoms with Crippen molar-refractivity contribution in [1.29, 1.82) is 0 Å². The third-order valence-corrected chi connectivity index (χ3v) is 10.9. The monoisotopic (exact) mass is 750 g/mol. The summed E-state index contributed by atoms with van der Waals surface area (Å²) in [7, 11) is -2.29. The minimum atomic E-state index is -4.00. The molecule has 1 aliphatic heterocycles. The number of sulfonamides is 1. The quantitative estimate of drug-likeness (QED) is 0.173. The normalized spacial score (nSPS) is 19.5. The van der Waals surface area contributed by atoms with E-state index in [0.717, 1.165) is 23.6 Å². The molecule has 4 atom stereocenters. The van der Waals surface area contributed by atoms with E-state index >= 15 is 0 Å². The first kappa shape index (κ1) is 38.9. The molecule has 0 bridgehead atoms. The number of carbonyl (C=O) groups excluding carboxylic acids is 2. The molecule has 11 nitrogen and oxygen atoms in total. The maximum absolute atomic E-state index is 14.5. The van der Waals surface area contributed by atoms with Crippen LogP contribution in [0.3, 0.4) is 0 Å². The van der Waals surface area contributed by atoms with Gasteiger partial charge in [0, 0.05) is 48.8 Å². The first-order chi connectivity index (χ1) is 24.9. The van der Waals surface area contributed by atoms with Gasteiger partial charge in [-0.05, 0) is 87.0 Å². The Kier molecular flexibility index (Phi) is 13.0. The average molecular weight is 751 g/mol. The molecule has 0 spiro atoms. The van der Waals surface area contributed by atoms with Crippen LogP contribution >= 0.6 is 11.6 Å². The summed E-state index contributed by atoms with van der Waals surface area (Å²) in [6, 6.07) is 23.1. The number of halogens is 1. The van der Waals surface area contributed by atoms with Crippen LogP contribution in [-0.4, -0.2) is 86.9 Å². The van der Waals surface area contributed by atoms with Crippen LogP contribution in [0, 0.1) is 5.92 Å². The molecule has 278 valence electrons. The molecular formula is C39H47ClN4O7S. The third-order valence-electron chi connectivity index (χ3n) is 9.26. The van der Waals surface area contributed by atoms with Gasteiger partial charge in [-0.1, -0.05) is 54.9 Å². The standard InChI is InChI=1S/C39H47ClN4O7S/c1-26-23-44(27(2)25-45)38(46)34-22-31(42-52(48,49)32-18-15-30(40)16-19-32)17-20-36(34)51-28(3)10-7-8-21-50-37(26)24-43(4)39(47)41-35-14-9-12-29-11-5-6-13-33(29)35/h5-6,9,11-20,22,26-28,37,42,45H,7-8,10,21,23-25H2,1-4H3,(H,41,47)/t26-,27+,28+,37-/m0/s1. The Balaban J connectivity index is 1.40. The van der Waals surface area contributed by atoms with Gasteiger partial charge >= 0.3 is 6.03 Å². The summed E-state index contributed by atoms with van der Waals surface area (Å²) in [6.07, 6.45) is 1.55. The number of hydrogen-bond donors (Lipinski definition) is 3. The second-order valence-corrected chi connectivity index (χ2v) is 15.5. The Bertz CT molecular complexity index is 1950. The summed E-state index contributed by atoms with van der Waals surface area (Å²) in [5.74, 6) is -0.408. The Morgan fingerprint density at radius 1 is 1.04 bits per heavy atom. The van der Waals surface area contributed by atoms with Crippen molar-refractivity contribution in [3.05, 3.63) is 95.5 Å². The molecule has 0 unspecified atom stereocenters. The summed E-state index contributed by atoms with van der Waals surface area (Å²) >= 11 is 5.96. The number of anilines is 2. The van der Waals surface area contributed by atoms with E-state index in [2.05, 4.69) is 10.0 Å². The average Bonchev–Trinajstić information content (AvgIpc) is 3.12. The summed E-state index contributed by atoms with van der Waals surface area (Å²) < 4.78 is 41.7. The molecule has 0 aliphatic carbocycles. The zero-order valence-electron chi connectivity index (χ0n) is 29.9. The van der Waals surface area contributed by atoms with E-state index in [1.54, 1.807) is 35.9 Å². The molecule has 52 heavy (non-hydrogen) atoms. The number of carbonyl (C=O) groups is 2. The van der Waals surface area contributed by atoms with Gasteiger partial charge in [-0.3, -0.25) is 9.52 Å². The number of nitrogens with zero attached hydrogens (tertiary/aromatic N) is 2. The van der Waals surface area contributed by atoms with Crippen LogP contribution in [0.25, 0.3) is 10.8 Å². The molecule has 3 amide bonds. The zero-order valence-corrected chi connectivity index (χ0v) is 31.5. The minimum absolute atomic E-state index is 0.0133. The summed E-state index contributed by atoms with van der Waals surface area (Å²) in [5, 5.41) is 15.7. The van der Waals surface area contributed by atoms with Crippen LogP contribution in [0.5, 0.6) is 5.75 Å². The largest absolute Gasteiger partial charge is 0.490 e. The topological polar surface area (TPSA) is 138 Å². The maximum Gasteiger partial charge on any atom is 0.321 e. The predicted molar refractivity (Wildman–Crippen MR) is 205 cm³/mol. The number of aliphatic hydroxyl groups excluding tert-OH is 1. The number of rotatable bonds is 8. The van der Waals surface area contributed by atoms with Gasteiger partial charge in [0.25, 0.3) is 15.9 Å². The van der Waals surface area contributed by atoms with Crippen molar-refractivity contribution in [2.75, 3.05) is 43.4 Å². The third kappa shape index (κ3) is 9.74. The summed E-state index contributed by atoms with van der Waals surface area (Å²) in [5.41, 5.74) is 1.02. The highest BCUT2D eigenvalue weighted by atomic mass is 35.5. The lowest BCUT2D eigenvalue weighted by Gasteiger charge is -2.35. The van der Waals surface area contributed by atoms with Crippen molar-refractivity contribution >= 4 is 55.7 Å². The molecule has 0 saturated heterocycles. The fourth-order valence-electron chi connectivity index (χ4n) is 6.17. The van der Waals surface area contributed by atoms with Crippen LogP contribution in [0.15, 0.2) is 89.8 Å². The van der Waals surface area contributed by atoms with Gasteiger partial charge in [0.05, 0.1) is 41.0 Å². The highest BCUT2D eigenvalue weighted by Gasteiger charge is 2.31. The van der Waals surface area contributed by atoms with E-state index < -0.39 is 28.1 Å². The lowest BCUT2D eigenvalue weighted by molar-refractivity contribution is -0.0115. The highest BCUT2D eigenvalue weighted by molar-refractivity contribution is 7.92. The zero-order chi connectivity index (χ0) is 37.4. The van der Waals surface area contributed by atoms with E-state index in [1.165, 1.54) is 30.3 Å². The van der Waals surface area contributed by atoms with E-state index in [0.29, 0.717) is 29.5 Å². The number of ether oxygens (including phenoxy) is 2. The molecule has 4 aromatic rings. The van der Waals surface area contributed by atoms with Gasteiger partial charge in [0.15, 0.2) is 0 Å². The van der Waals surface area contributed by atoms with E-state index in [4.69, 9.17) is 21.1 Å². The number of aliphatic hydroxyl groups is 1. The van der Waals surface area contributed by atoms with Crippen molar-refractivity contribution in [3.63, 3.8) is 0 Å². The number of likely N-dealkylation sites (N-methyl/N-ethyl adjacent to an activating group) is 1. The SMILES string of the molecule is C[C@@H]1CCCCO[C@@H](CN(C)C(=O)Nc2cccc3ccccc23)[C@@H](C)CN([C@H](C)CO)C(=O)c2cc(NS(=O)(=O)c3ccc(Cl)cc3)ccc2O1. The van der Waals surface area contributed by atoms with Crippen molar-refractivity contribution < 1.29 is 32.6 Å².